The van der Waals surface area contributed by atoms with Crippen molar-refractivity contribution in [3.8, 4) is 0 Å². The minimum absolute atomic E-state index is 0.0385. The molecule has 2 amide bonds. The zero-order valence-electron chi connectivity index (χ0n) is 20.1. The Balaban J connectivity index is 1.48. The zero-order valence-corrected chi connectivity index (χ0v) is 20.1. The van der Waals surface area contributed by atoms with Crippen molar-refractivity contribution in [2.24, 2.45) is 0 Å². The van der Waals surface area contributed by atoms with Crippen LogP contribution in [0.4, 0.5) is 32.2 Å². The van der Waals surface area contributed by atoms with Gasteiger partial charge in [0.25, 0.3) is 5.91 Å². The molecule has 1 atom stereocenters. The van der Waals surface area contributed by atoms with Gasteiger partial charge in [0, 0.05) is 37.3 Å². The molecule has 0 bridgehead atoms. The van der Waals surface area contributed by atoms with Gasteiger partial charge in [0.1, 0.15) is 0 Å². The first-order chi connectivity index (χ1) is 18.2. The predicted octanol–water partition coefficient (Wildman–Crippen LogP) is 4.71. The van der Waals surface area contributed by atoms with E-state index < -0.39 is 41.9 Å². The fourth-order valence-electron chi connectivity index (χ4n) is 4.10. The van der Waals surface area contributed by atoms with Crippen LogP contribution in [0.25, 0.3) is 0 Å². The molecule has 206 valence electrons. The summed E-state index contributed by atoms with van der Waals surface area (Å²) in [5.74, 6) is -3.54. The summed E-state index contributed by atoms with van der Waals surface area (Å²) in [6, 6.07) is 8.80. The van der Waals surface area contributed by atoms with Gasteiger partial charge < -0.3 is 19.5 Å². The Labute approximate surface area is 217 Å². The maximum Gasteiger partial charge on any atom is 0.491 e. The number of alkyl halides is 6. The van der Waals surface area contributed by atoms with Crippen LogP contribution in [0.5, 0.6) is 0 Å². The van der Waals surface area contributed by atoms with E-state index in [-0.39, 0.29) is 36.5 Å². The smallest absolute Gasteiger partial charge is 0.430 e. The van der Waals surface area contributed by atoms with Crippen molar-refractivity contribution < 1.29 is 45.5 Å². The van der Waals surface area contributed by atoms with E-state index in [1.54, 1.807) is 0 Å². The molecule has 0 saturated carbocycles. The molecular formula is C25H20F6N4O4. The molecule has 0 spiro atoms. The molecule has 0 saturated heterocycles. The van der Waals surface area contributed by atoms with E-state index in [1.807, 2.05) is 0 Å². The number of hydrogen-bond donors (Lipinski definition) is 1. The monoisotopic (exact) mass is 554 g/mol. The van der Waals surface area contributed by atoms with E-state index in [2.05, 4.69) is 15.0 Å². The van der Waals surface area contributed by atoms with Crippen molar-refractivity contribution in [3.05, 3.63) is 82.8 Å². The number of nitrogens with zero attached hydrogens (tertiary/aromatic N) is 3. The average Bonchev–Trinajstić information content (AvgIpc) is 3.29. The molecule has 1 aliphatic rings. The Bertz CT molecular complexity index is 1420. The fourth-order valence-corrected chi connectivity index (χ4v) is 4.10. The second-order valence-electron chi connectivity index (χ2n) is 8.71. The number of halogens is 6. The number of hydrogen-bond acceptors (Lipinski definition) is 5. The molecular weight excluding hydrogens is 534 g/mol. The van der Waals surface area contributed by atoms with Gasteiger partial charge in [-0.1, -0.05) is 18.2 Å². The van der Waals surface area contributed by atoms with Gasteiger partial charge in [-0.05, 0) is 41.8 Å². The van der Waals surface area contributed by atoms with Crippen LogP contribution < -0.4 is 5.32 Å². The Morgan fingerprint density at radius 3 is 2.49 bits per heavy atom. The number of imidazole rings is 1. The Hall–Kier alpha value is -4.36. The highest BCUT2D eigenvalue weighted by molar-refractivity contribution is 6.03. The highest BCUT2D eigenvalue weighted by Crippen LogP contribution is 2.34. The lowest BCUT2D eigenvalue weighted by molar-refractivity contribution is -0.214. The van der Waals surface area contributed by atoms with E-state index in [9.17, 15) is 40.7 Å². The third-order valence-corrected chi connectivity index (χ3v) is 5.93. The van der Waals surface area contributed by atoms with Gasteiger partial charge in [-0.15, -0.1) is 0 Å². The number of benzene rings is 2. The molecule has 14 heteroatoms. The maximum atomic E-state index is 12.9. The summed E-state index contributed by atoms with van der Waals surface area (Å²) < 4.78 is 83.3. The minimum Gasteiger partial charge on any atom is -0.430 e. The highest BCUT2D eigenvalue weighted by Gasteiger charge is 2.44. The van der Waals surface area contributed by atoms with Gasteiger partial charge in [0.15, 0.2) is 5.82 Å². The number of ether oxygens (including phenoxy) is 1. The molecule has 3 aromatic rings. The molecule has 0 fully saturated rings. The summed E-state index contributed by atoms with van der Waals surface area (Å²) in [5, 5.41) is 2.55. The zero-order chi connectivity index (χ0) is 28.5. The van der Waals surface area contributed by atoms with Gasteiger partial charge >= 0.3 is 18.3 Å². The van der Waals surface area contributed by atoms with Crippen LogP contribution in [0, 0.1) is 0 Å². The first-order valence-corrected chi connectivity index (χ1v) is 11.4. The first kappa shape index (κ1) is 27.7. The molecule has 1 unspecified atom stereocenters. The molecule has 2 heterocycles. The van der Waals surface area contributed by atoms with Crippen molar-refractivity contribution >= 4 is 23.6 Å². The lowest BCUT2D eigenvalue weighted by atomic mass is 9.95. The lowest BCUT2D eigenvalue weighted by Crippen LogP contribution is -2.42. The average molecular weight is 554 g/mol. The molecule has 4 rings (SSSR count). The summed E-state index contributed by atoms with van der Waals surface area (Å²) in [7, 11) is 0. The van der Waals surface area contributed by atoms with Crippen molar-refractivity contribution in [1.82, 2.24) is 14.5 Å². The number of amides is 2. The SMILES string of the molecule is CC(=O)N1CCc2cc(C(=O)Nc3cn(Cc4cccc(C(F)(F)F)c4)cn3)ccc2C1OC(=O)C(F)(F)F. The molecule has 0 aliphatic carbocycles. The number of aromatic nitrogens is 2. The van der Waals surface area contributed by atoms with Crippen molar-refractivity contribution in [3.63, 3.8) is 0 Å². The van der Waals surface area contributed by atoms with Crippen LogP contribution >= 0.6 is 0 Å². The van der Waals surface area contributed by atoms with E-state index in [4.69, 9.17) is 0 Å². The summed E-state index contributed by atoms with van der Waals surface area (Å²) in [6.07, 6.45) is -8.40. The van der Waals surface area contributed by atoms with Crippen LogP contribution in [0.3, 0.4) is 0 Å². The number of carbonyl (C=O) groups is 3. The number of fused-ring (bicyclic) bond motifs is 1. The van der Waals surface area contributed by atoms with Gasteiger partial charge in [-0.3, -0.25) is 9.59 Å². The summed E-state index contributed by atoms with van der Waals surface area (Å²) in [4.78, 5) is 41.2. The van der Waals surface area contributed by atoms with E-state index in [1.165, 1.54) is 47.4 Å². The van der Waals surface area contributed by atoms with Crippen molar-refractivity contribution in [2.75, 3.05) is 11.9 Å². The van der Waals surface area contributed by atoms with E-state index in [0.29, 0.717) is 11.1 Å². The predicted molar refractivity (Wildman–Crippen MR) is 123 cm³/mol. The topological polar surface area (TPSA) is 93.5 Å². The first-order valence-electron chi connectivity index (χ1n) is 11.4. The Morgan fingerprint density at radius 2 is 1.82 bits per heavy atom. The molecule has 39 heavy (non-hydrogen) atoms. The standard InChI is InChI=1S/C25H20F6N4O4/c1-14(36)35-8-7-16-10-17(5-6-19(16)22(35)39-23(38)25(29,30)31)21(37)33-20-12-34(13-32-20)11-15-3-2-4-18(9-15)24(26,27)28/h2-6,9-10,12-13,22H,7-8,11H2,1H3,(H,33,37). The largest absolute Gasteiger partial charge is 0.491 e. The molecule has 2 aromatic carbocycles. The summed E-state index contributed by atoms with van der Waals surface area (Å²) in [5.41, 5.74) is 0.252. The van der Waals surface area contributed by atoms with Gasteiger partial charge in [-0.2, -0.15) is 26.3 Å². The lowest BCUT2D eigenvalue weighted by Gasteiger charge is -2.36. The van der Waals surface area contributed by atoms with Crippen molar-refractivity contribution in [2.45, 2.75) is 38.5 Å². The number of anilines is 1. The third kappa shape index (κ3) is 6.38. The van der Waals surface area contributed by atoms with Gasteiger partial charge in [0.2, 0.25) is 12.1 Å². The number of nitrogens with one attached hydrogen (secondary N) is 1. The summed E-state index contributed by atoms with van der Waals surface area (Å²) in [6.45, 7) is 1.16. The quantitative estimate of drug-likeness (QED) is 0.364. The maximum absolute atomic E-state index is 12.9. The Kier molecular flexibility index (Phi) is 7.39. The van der Waals surface area contributed by atoms with Crippen LogP contribution in [0.2, 0.25) is 0 Å². The van der Waals surface area contributed by atoms with Gasteiger partial charge in [0.05, 0.1) is 11.9 Å². The van der Waals surface area contributed by atoms with Crippen LogP contribution in [0.15, 0.2) is 55.0 Å². The highest BCUT2D eigenvalue weighted by atomic mass is 19.4. The van der Waals surface area contributed by atoms with E-state index in [0.717, 1.165) is 24.0 Å². The van der Waals surface area contributed by atoms with Crippen LogP contribution in [-0.4, -0.2) is 45.0 Å². The molecule has 1 aliphatic heterocycles. The number of esters is 1. The molecule has 1 N–H and O–H groups in total. The van der Waals surface area contributed by atoms with Crippen LogP contribution in [-0.2, 0) is 33.5 Å². The minimum atomic E-state index is -5.26. The second-order valence-corrected chi connectivity index (χ2v) is 8.71. The second kappa shape index (κ2) is 10.4. The van der Waals surface area contributed by atoms with Crippen LogP contribution in [0.1, 0.15) is 45.8 Å². The van der Waals surface area contributed by atoms with Crippen molar-refractivity contribution in [1.29, 1.82) is 0 Å². The number of rotatable bonds is 5. The van der Waals surface area contributed by atoms with Gasteiger partial charge in [-0.25, -0.2) is 9.78 Å². The summed E-state index contributed by atoms with van der Waals surface area (Å²) >= 11 is 0. The molecule has 1 aromatic heterocycles. The fraction of sp³-hybridized carbons (Fsp3) is 0.280. The van der Waals surface area contributed by atoms with E-state index >= 15 is 0 Å². The molecule has 8 nitrogen and oxygen atoms in total. The third-order valence-electron chi connectivity index (χ3n) is 5.93. The molecule has 0 radical (unpaired) electrons. The normalized spacial score (nSPS) is 15.5. The number of carbonyl (C=O) groups excluding carboxylic acids is 3. The Morgan fingerprint density at radius 1 is 1.08 bits per heavy atom.